The molecule has 0 aliphatic carbocycles. The monoisotopic (exact) mass is 356 g/mol. The molecule has 1 unspecified atom stereocenters. The number of rotatable bonds is 2. The number of carbonyl (C=O) groups excluding carboxylic acids is 1. The molecule has 2 aromatic rings. The van der Waals surface area contributed by atoms with E-state index >= 15 is 0 Å². The van der Waals surface area contributed by atoms with E-state index in [1.807, 2.05) is 0 Å². The van der Waals surface area contributed by atoms with Gasteiger partial charge in [0.25, 0.3) is 5.91 Å². The number of halogens is 3. The van der Waals surface area contributed by atoms with Gasteiger partial charge in [0, 0.05) is 19.7 Å². The Bertz CT molecular complexity index is 766. The van der Waals surface area contributed by atoms with Crippen molar-refractivity contribution in [2.24, 2.45) is 7.05 Å². The van der Waals surface area contributed by atoms with Gasteiger partial charge in [-0.3, -0.25) is 9.48 Å². The maximum Gasteiger partial charge on any atom is 0.435 e. The van der Waals surface area contributed by atoms with Crippen LogP contribution >= 0.6 is 0 Å². The van der Waals surface area contributed by atoms with Crippen molar-refractivity contribution < 1.29 is 22.5 Å². The second kappa shape index (κ2) is 6.53. The van der Waals surface area contributed by atoms with E-state index in [1.165, 1.54) is 17.8 Å². The SMILES string of the molecule is Cc1cc(C(=O)N2CCCCCC2c2cc(C(F)(F)F)nn2C)on1. The molecule has 1 fully saturated rings. The molecule has 0 radical (unpaired) electrons. The van der Waals surface area contributed by atoms with E-state index in [-0.39, 0.29) is 11.7 Å². The molecule has 2 aromatic heterocycles. The highest BCUT2D eigenvalue weighted by atomic mass is 19.4. The summed E-state index contributed by atoms with van der Waals surface area (Å²) in [5.74, 6) is -0.259. The van der Waals surface area contributed by atoms with E-state index in [2.05, 4.69) is 10.3 Å². The highest BCUT2D eigenvalue weighted by molar-refractivity contribution is 5.91. The Morgan fingerprint density at radius 3 is 2.64 bits per heavy atom. The zero-order chi connectivity index (χ0) is 18.2. The van der Waals surface area contributed by atoms with Gasteiger partial charge >= 0.3 is 6.18 Å². The van der Waals surface area contributed by atoms with Crippen LogP contribution in [0.3, 0.4) is 0 Å². The minimum atomic E-state index is -4.52. The minimum Gasteiger partial charge on any atom is -0.351 e. The number of aryl methyl sites for hydroxylation is 2. The van der Waals surface area contributed by atoms with Crippen LogP contribution in [0.4, 0.5) is 13.2 Å². The van der Waals surface area contributed by atoms with Crippen molar-refractivity contribution in [1.29, 1.82) is 0 Å². The Kier molecular flexibility index (Phi) is 4.57. The van der Waals surface area contributed by atoms with Gasteiger partial charge in [-0.25, -0.2) is 0 Å². The Morgan fingerprint density at radius 1 is 1.28 bits per heavy atom. The fourth-order valence-electron chi connectivity index (χ4n) is 3.20. The van der Waals surface area contributed by atoms with Crippen molar-refractivity contribution >= 4 is 5.91 Å². The number of amides is 1. The van der Waals surface area contributed by atoms with Gasteiger partial charge in [0.2, 0.25) is 5.76 Å². The molecule has 9 heteroatoms. The zero-order valence-electron chi connectivity index (χ0n) is 14.0. The summed E-state index contributed by atoms with van der Waals surface area (Å²) in [4.78, 5) is 14.4. The van der Waals surface area contributed by atoms with E-state index in [1.54, 1.807) is 11.8 Å². The summed E-state index contributed by atoms with van der Waals surface area (Å²) in [5, 5.41) is 7.30. The lowest BCUT2D eigenvalue weighted by Gasteiger charge is -2.29. The van der Waals surface area contributed by atoms with Crippen molar-refractivity contribution in [3.63, 3.8) is 0 Å². The molecule has 0 bridgehead atoms. The lowest BCUT2D eigenvalue weighted by atomic mass is 10.1. The summed E-state index contributed by atoms with van der Waals surface area (Å²) in [6.45, 7) is 2.16. The number of nitrogens with zero attached hydrogens (tertiary/aromatic N) is 4. The van der Waals surface area contributed by atoms with Crippen LogP contribution in [0.5, 0.6) is 0 Å². The second-order valence-corrected chi connectivity index (χ2v) is 6.27. The molecule has 0 aromatic carbocycles. The van der Waals surface area contributed by atoms with Crippen LogP contribution in [-0.4, -0.2) is 32.3 Å². The van der Waals surface area contributed by atoms with Crippen LogP contribution in [0.2, 0.25) is 0 Å². The molecule has 1 amide bonds. The highest BCUT2D eigenvalue weighted by Gasteiger charge is 2.37. The summed E-state index contributed by atoms with van der Waals surface area (Å²) >= 11 is 0. The highest BCUT2D eigenvalue weighted by Crippen LogP contribution is 2.35. The molecule has 25 heavy (non-hydrogen) atoms. The molecule has 3 heterocycles. The second-order valence-electron chi connectivity index (χ2n) is 6.27. The Morgan fingerprint density at radius 2 is 2.04 bits per heavy atom. The standard InChI is InChI=1S/C16H19F3N4O2/c1-10-8-13(25-21-10)15(24)23-7-5-3-4-6-11(23)12-9-14(16(17,18)19)20-22(12)2/h8-9,11H,3-7H2,1-2H3. The van der Waals surface area contributed by atoms with Crippen molar-refractivity contribution in [2.45, 2.75) is 44.8 Å². The molecule has 0 N–H and O–H groups in total. The predicted molar refractivity (Wildman–Crippen MR) is 81.7 cm³/mol. The average Bonchev–Trinajstić information content (AvgIpc) is 3.05. The van der Waals surface area contributed by atoms with Gasteiger partial charge in [0.15, 0.2) is 5.69 Å². The number of carbonyl (C=O) groups is 1. The third-order valence-corrected chi connectivity index (χ3v) is 4.40. The Labute approximate surface area is 142 Å². The van der Waals surface area contributed by atoms with Gasteiger partial charge in [-0.2, -0.15) is 18.3 Å². The van der Waals surface area contributed by atoms with Gasteiger partial charge in [0.1, 0.15) is 0 Å². The number of hydrogen-bond donors (Lipinski definition) is 0. The summed E-state index contributed by atoms with van der Waals surface area (Å²) < 4.78 is 45.2. The predicted octanol–water partition coefficient (Wildman–Crippen LogP) is 3.49. The summed E-state index contributed by atoms with van der Waals surface area (Å²) in [6.07, 6.45) is -1.40. The largest absolute Gasteiger partial charge is 0.435 e. The molecule has 1 atom stereocenters. The van der Waals surface area contributed by atoms with Crippen molar-refractivity contribution in [2.75, 3.05) is 6.54 Å². The lowest BCUT2D eigenvalue weighted by molar-refractivity contribution is -0.141. The van der Waals surface area contributed by atoms with Crippen LogP contribution < -0.4 is 0 Å². The third kappa shape index (κ3) is 3.54. The first-order valence-corrected chi connectivity index (χ1v) is 8.13. The smallest absolute Gasteiger partial charge is 0.351 e. The molecule has 3 rings (SSSR count). The first kappa shape index (κ1) is 17.5. The molecular formula is C16H19F3N4O2. The van der Waals surface area contributed by atoms with E-state index in [0.717, 1.165) is 25.3 Å². The van der Waals surface area contributed by atoms with Gasteiger partial charge in [-0.05, 0) is 25.8 Å². The number of aromatic nitrogens is 3. The topological polar surface area (TPSA) is 64.2 Å². The zero-order valence-corrected chi connectivity index (χ0v) is 14.0. The summed E-state index contributed by atoms with van der Waals surface area (Å²) in [6, 6.07) is 2.09. The maximum atomic E-state index is 13.0. The molecule has 1 aliphatic rings. The third-order valence-electron chi connectivity index (χ3n) is 4.40. The number of likely N-dealkylation sites (tertiary alicyclic amines) is 1. The van der Waals surface area contributed by atoms with Crippen LogP contribution in [0.1, 0.15) is 59.4 Å². The van der Waals surface area contributed by atoms with E-state index in [0.29, 0.717) is 24.4 Å². The molecule has 1 aliphatic heterocycles. The maximum absolute atomic E-state index is 13.0. The molecule has 136 valence electrons. The quantitative estimate of drug-likeness (QED) is 0.826. The lowest BCUT2D eigenvalue weighted by Crippen LogP contribution is -2.35. The van der Waals surface area contributed by atoms with Crippen LogP contribution in [0.25, 0.3) is 0 Å². The van der Waals surface area contributed by atoms with Crippen molar-refractivity contribution in [3.05, 3.63) is 35.0 Å². The molecule has 6 nitrogen and oxygen atoms in total. The normalized spacial score (nSPS) is 19.1. The van der Waals surface area contributed by atoms with Gasteiger partial charge < -0.3 is 9.42 Å². The Hall–Kier alpha value is -2.32. The van der Waals surface area contributed by atoms with Crippen LogP contribution in [-0.2, 0) is 13.2 Å². The van der Waals surface area contributed by atoms with E-state index < -0.39 is 17.9 Å². The first-order chi connectivity index (χ1) is 11.8. The van der Waals surface area contributed by atoms with Crippen molar-refractivity contribution in [1.82, 2.24) is 19.8 Å². The van der Waals surface area contributed by atoms with Crippen LogP contribution in [0.15, 0.2) is 16.7 Å². The molecular weight excluding hydrogens is 337 g/mol. The summed E-state index contributed by atoms with van der Waals surface area (Å²) in [7, 11) is 1.47. The van der Waals surface area contributed by atoms with E-state index in [4.69, 9.17) is 4.52 Å². The first-order valence-electron chi connectivity index (χ1n) is 8.13. The Balaban J connectivity index is 1.96. The van der Waals surface area contributed by atoms with Gasteiger partial charge in [-0.1, -0.05) is 18.0 Å². The summed E-state index contributed by atoms with van der Waals surface area (Å²) in [5.41, 5.74) is 0.00517. The van der Waals surface area contributed by atoms with Crippen molar-refractivity contribution in [3.8, 4) is 0 Å². The number of hydrogen-bond acceptors (Lipinski definition) is 4. The molecule has 0 saturated carbocycles. The molecule has 0 spiro atoms. The van der Waals surface area contributed by atoms with Gasteiger partial charge in [0.05, 0.1) is 17.4 Å². The van der Waals surface area contributed by atoms with E-state index in [9.17, 15) is 18.0 Å². The van der Waals surface area contributed by atoms with Gasteiger partial charge in [-0.15, -0.1) is 0 Å². The fourth-order valence-corrected chi connectivity index (χ4v) is 3.20. The van der Waals surface area contributed by atoms with Crippen LogP contribution in [0, 0.1) is 6.92 Å². The fraction of sp³-hybridized carbons (Fsp3) is 0.562. The average molecular weight is 356 g/mol. The minimum absolute atomic E-state index is 0.0996. The number of alkyl halides is 3. The molecule has 1 saturated heterocycles.